The van der Waals surface area contributed by atoms with Crippen LogP contribution in [0.5, 0.6) is 0 Å². The predicted octanol–water partition coefficient (Wildman–Crippen LogP) is 2.53. The lowest BCUT2D eigenvalue weighted by Crippen LogP contribution is -2.13. The molecule has 0 radical (unpaired) electrons. The summed E-state index contributed by atoms with van der Waals surface area (Å²) in [6, 6.07) is 8.49. The van der Waals surface area contributed by atoms with Crippen molar-refractivity contribution >= 4 is 0 Å². The predicted molar refractivity (Wildman–Crippen MR) is 62.9 cm³/mol. The molecule has 0 aliphatic rings. The minimum absolute atomic E-state index is 0.720. The zero-order valence-electron chi connectivity index (χ0n) is 9.44. The van der Waals surface area contributed by atoms with Gasteiger partial charge in [0.15, 0.2) is 6.39 Å². The lowest BCUT2D eigenvalue weighted by molar-refractivity contribution is 0.478. The van der Waals surface area contributed by atoms with Gasteiger partial charge in [-0.3, -0.25) is 0 Å². The van der Waals surface area contributed by atoms with Crippen molar-refractivity contribution in [1.29, 1.82) is 0 Å². The van der Waals surface area contributed by atoms with Crippen LogP contribution in [0.25, 0.3) is 0 Å². The van der Waals surface area contributed by atoms with E-state index in [4.69, 9.17) is 4.42 Å². The number of oxazole rings is 1. The highest BCUT2D eigenvalue weighted by molar-refractivity contribution is 5.26. The van der Waals surface area contributed by atoms with E-state index in [1.165, 1.54) is 17.5 Å². The van der Waals surface area contributed by atoms with Crippen molar-refractivity contribution in [2.24, 2.45) is 0 Å². The summed E-state index contributed by atoms with van der Waals surface area (Å²) < 4.78 is 5.15. The second kappa shape index (κ2) is 5.47. The molecule has 0 saturated heterocycles. The molecule has 0 saturated carbocycles. The quantitative estimate of drug-likeness (QED) is 0.834. The van der Waals surface area contributed by atoms with Crippen molar-refractivity contribution in [2.75, 3.05) is 0 Å². The monoisotopic (exact) mass is 216 g/mol. The van der Waals surface area contributed by atoms with E-state index in [2.05, 4.69) is 41.5 Å². The van der Waals surface area contributed by atoms with Gasteiger partial charge in [0.1, 0.15) is 5.76 Å². The molecule has 2 aromatic rings. The average Bonchev–Trinajstić information content (AvgIpc) is 2.83. The Balaban J connectivity index is 1.89. The molecule has 1 aromatic carbocycles. The maximum atomic E-state index is 5.15. The van der Waals surface area contributed by atoms with Gasteiger partial charge in [-0.25, -0.2) is 4.98 Å². The zero-order chi connectivity index (χ0) is 11.2. The van der Waals surface area contributed by atoms with Crippen LogP contribution in [-0.2, 0) is 19.5 Å². The second-order valence-corrected chi connectivity index (χ2v) is 3.69. The van der Waals surface area contributed by atoms with Gasteiger partial charge in [0.25, 0.3) is 0 Å². The fourth-order valence-corrected chi connectivity index (χ4v) is 1.72. The summed E-state index contributed by atoms with van der Waals surface area (Å²) in [7, 11) is 0. The Kier molecular flexibility index (Phi) is 3.72. The minimum Gasteiger partial charge on any atom is -0.447 e. The van der Waals surface area contributed by atoms with Crippen LogP contribution >= 0.6 is 0 Å². The van der Waals surface area contributed by atoms with E-state index in [9.17, 15) is 0 Å². The van der Waals surface area contributed by atoms with Gasteiger partial charge in [0, 0.05) is 6.54 Å². The lowest BCUT2D eigenvalue weighted by atomic mass is 10.1. The Morgan fingerprint density at radius 2 is 2.00 bits per heavy atom. The summed E-state index contributed by atoms with van der Waals surface area (Å²) in [5.41, 5.74) is 2.75. The third-order valence-corrected chi connectivity index (χ3v) is 2.60. The van der Waals surface area contributed by atoms with Gasteiger partial charge in [-0.05, 0) is 17.5 Å². The fourth-order valence-electron chi connectivity index (χ4n) is 1.72. The van der Waals surface area contributed by atoms with Gasteiger partial charge < -0.3 is 9.73 Å². The van der Waals surface area contributed by atoms with Gasteiger partial charge in [0.2, 0.25) is 0 Å². The van der Waals surface area contributed by atoms with E-state index in [-0.39, 0.29) is 0 Å². The fraction of sp³-hybridized carbons (Fsp3) is 0.308. The number of rotatable bonds is 5. The van der Waals surface area contributed by atoms with E-state index in [0.29, 0.717) is 0 Å². The first-order valence-corrected chi connectivity index (χ1v) is 5.55. The third-order valence-electron chi connectivity index (χ3n) is 2.60. The minimum atomic E-state index is 0.720. The van der Waals surface area contributed by atoms with Crippen LogP contribution in [0, 0.1) is 0 Å². The molecule has 1 aromatic heterocycles. The molecular formula is C13H16N2O. The molecule has 0 aliphatic carbocycles. The summed E-state index contributed by atoms with van der Waals surface area (Å²) in [5, 5.41) is 3.35. The van der Waals surface area contributed by atoms with Gasteiger partial charge >= 0.3 is 0 Å². The normalized spacial score (nSPS) is 10.6. The van der Waals surface area contributed by atoms with Crippen molar-refractivity contribution < 1.29 is 4.42 Å². The van der Waals surface area contributed by atoms with E-state index < -0.39 is 0 Å². The van der Waals surface area contributed by atoms with Crippen LogP contribution in [0.3, 0.4) is 0 Å². The molecule has 2 rings (SSSR count). The standard InChI is InChI=1S/C13H16N2O/c1-2-11-5-3-4-6-12(11)7-14-8-13-9-15-10-16-13/h3-6,9-10,14H,2,7-8H2,1H3. The molecule has 0 bridgehead atoms. The first-order chi connectivity index (χ1) is 7.90. The van der Waals surface area contributed by atoms with Gasteiger partial charge in [-0.15, -0.1) is 0 Å². The molecule has 3 nitrogen and oxygen atoms in total. The van der Waals surface area contributed by atoms with Gasteiger partial charge in [-0.2, -0.15) is 0 Å². The number of nitrogens with one attached hydrogen (secondary N) is 1. The van der Waals surface area contributed by atoms with Crippen LogP contribution in [-0.4, -0.2) is 4.98 Å². The maximum Gasteiger partial charge on any atom is 0.180 e. The summed E-state index contributed by atoms with van der Waals surface area (Å²) >= 11 is 0. The van der Waals surface area contributed by atoms with Crippen LogP contribution in [0.4, 0.5) is 0 Å². The lowest BCUT2D eigenvalue weighted by Gasteiger charge is -2.07. The SMILES string of the molecule is CCc1ccccc1CNCc1cnco1. The van der Waals surface area contributed by atoms with Crippen LogP contribution < -0.4 is 5.32 Å². The second-order valence-electron chi connectivity index (χ2n) is 3.69. The molecule has 0 atom stereocenters. The Labute approximate surface area is 95.5 Å². The molecule has 3 heteroatoms. The highest BCUT2D eigenvalue weighted by atomic mass is 16.3. The number of hydrogen-bond acceptors (Lipinski definition) is 3. The molecule has 0 aliphatic heterocycles. The third kappa shape index (κ3) is 2.70. The molecular weight excluding hydrogens is 200 g/mol. The highest BCUT2D eigenvalue weighted by Crippen LogP contribution is 2.09. The smallest absolute Gasteiger partial charge is 0.180 e. The Hall–Kier alpha value is -1.61. The molecule has 0 spiro atoms. The number of nitrogens with zero attached hydrogens (tertiary/aromatic N) is 1. The maximum absolute atomic E-state index is 5.15. The molecule has 1 N–H and O–H groups in total. The van der Waals surface area contributed by atoms with Crippen molar-refractivity contribution in [3.63, 3.8) is 0 Å². The van der Waals surface area contributed by atoms with Crippen LogP contribution in [0.2, 0.25) is 0 Å². The Morgan fingerprint density at radius 3 is 2.69 bits per heavy atom. The van der Waals surface area contributed by atoms with Crippen molar-refractivity contribution in [3.05, 3.63) is 53.7 Å². The summed E-state index contributed by atoms with van der Waals surface area (Å²) in [6.45, 7) is 3.76. The van der Waals surface area contributed by atoms with E-state index in [1.807, 2.05) is 0 Å². The van der Waals surface area contributed by atoms with Crippen molar-refractivity contribution in [1.82, 2.24) is 10.3 Å². The summed E-state index contributed by atoms with van der Waals surface area (Å²) in [5.74, 6) is 0.869. The van der Waals surface area contributed by atoms with Crippen LogP contribution in [0.15, 0.2) is 41.3 Å². The number of hydrogen-bond donors (Lipinski definition) is 1. The molecule has 0 amide bonds. The topological polar surface area (TPSA) is 38.1 Å². The van der Waals surface area contributed by atoms with Crippen molar-refractivity contribution in [2.45, 2.75) is 26.4 Å². The van der Waals surface area contributed by atoms with E-state index >= 15 is 0 Å². The van der Waals surface area contributed by atoms with Crippen LogP contribution in [0.1, 0.15) is 23.8 Å². The molecule has 84 valence electrons. The zero-order valence-corrected chi connectivity index (χ0v) is 9.44. The van der Waals surface area contributed by atoms with E-state index in [1.54, 1.807) is 6.20 Å². The molecule has 0 unspecified atom stereocenters. The molecule has 1 heterocycles. The Morgan fingerprint density at radius 1 is 1.19 bits per heavy atom. The summed E-state index contributed by atoms with van der Waals surface area (Å²) in [6.07, 6.45) is 4.26. The van der Waals surface area contributed by atoms with Gasteiger partial charge in [0.05, 0.1) is 12.7 Å². The Bertz CT molecular complexity index is 423. The molecule has 16 heavy (non-hydrogen) atoms. The average molecular weight is 216 g/mol. The first kappa shape index (κ1) is 10.9. The van der Waals surface area contributed by atoms with Crippen molar-refractivity contribution in [3.8, 4) is 0 Å². The first-order valence-electron chi connectivity index (χ1n) is 5.55. The largest absolute Gasteiger partial charge is 0.447 e. The molecule has 0 fully saturated rings. The number of benzene rings is 1. The van der Waals surface area contributed by atoms with E-state index in [0.717, 1.165) is 25.3 Å². The number of aryl methyl sites for hydroxylation is 1. The summed E-state index contributed by atoms with van der Waals surface area (Å²) in [4.78, 5) is 3.87. The van der Waals surface area contributed by atoms with Gasteiger partial charge in [-0.1, -0.05) is 31.2 Å². The highest BCUT2D eigenvalue weighted by Gasteiger charge is 2.00. The number of aromatic nitrogens is 1.